The van der Waals surface area contributed by atoms with Gasteiger partial charge in [-0.25, -0.2) is 0 Å². The lowest BCUT2D eigenvalue weighted by Gasteiger charge is -2.39. The number of hydrogen-bond donors (Lipinski definition) is 1. The quantitative estimate of drug-likeness (QED) is 0.606. The van der Waals surface area contributed by atoms with Gasteiger partial charge in [0.25, 0.3) is 11.8 Å². The number of carbonyl (C=O) groups excluding carboxylic acids is 3. The fraction of sp³-hybridized carbons (Fsp3) is 0.240. The normalized spacial score (nSPS) is 18.0. The summed E-state index contributed by atoms with van der Waals surface area (Å²) < 4.78 is 41.2. The van der Waals surface area contributed by atoms with Crippen molar-refractivity contribution in [3.8, 4) is 11.1 Å². The van der Waals surface area contributed by atoms with Crippen molar-refractivity contribution in [3.63, 3.8) is 0 Å². The van der Waals surface area contributed by atoms with E-state index >= 15 is 0 Å². The molecule has 0 bridgehead atoms. The molecular formula is C25H21F3N4O3. The fourth-order valence-corrected chi connectivity index (χ4v) is 4.54. The van der Waals surface area contributed by atoms with Crippen molar-refractivity contribution in [3.05, 3.63) is 77.6 Å². The first-order valence-corrected chi connectivity index (χ1v) is 11.0. The SMILES string of the molecule is Cn1cccc1C(=O)N1CCN2C(=O)c3cc(-c4cccc(C(F)(F)F)c4)ccc3NC(=O)C2C1. The Morgan fingerprint density at radius 2 is 1.77 bits per heavy atom. The number of rotatable bonds is 2. The highest BCUT2D eigenvalue weighted by Crippen LogP contribution is 2.34. The first-order chi connectivity index (χ1) is 16.6. The van der Waals surface area contributed by atoms with Crippen molar-refractivity contribution in [2.24, 2.45) is 7.05 Å². The Morgan fingerprint density at radius 1 is 1.00 bits per heavy atom. The van der Waals surface area contributed by atoms with Crippen molar-refractivity contribution in [1.29, 1.82) is 0 Å². The van der Waals surface area contributed by atoms with E-state index in [-0.39, 0.29) is 36.8 Å². The highest BCUT2D eigenvalue weighted by atomic mass is 19.4. The lowest BCUT2D eigenvalue weighted by atomic mass is 9.99. The topological polar surface area (TPSA) is 74.7 Å². The molecule has 3 aromatic rings. The van der Waals surface area contributed by atoms with Gasteiger partial charge in [-0.1, -0.05) is 18.2 Å². The summed E-state index contributed by atoms with van der Waals surface area (Å²) in [5, 5.41) is 2.75. The number of carbonyl (C=O) groups is 3. The standard InChI is InChI=1S/C25H21F3N4O3/c1-30-9-3-6-20(30)24(35)31-10-11-32-21(14-31)22(33)29-19-8-7-16(13-18(19)23(32)34)15-4-2-5-17(12-15)25(26,27)28/h2-9,12-13,21H,10-11,14H2,1H3,(H,29,33). The average Bonchev–Trinajstić information content (AvgIpc) is 3.24. The summed E-state index contributed by atoms with van der Waals surface area (Å²) in [5.74, 6) is -1.07. The highest BCUT2D eigenvalue weighted by molar-refractivity contribution is 6.11. The zero-order valence-electron chi connectivity index (χ0n) is 18.7. The summed E-state index contributed by atoms with van der Waals surface area (Å²) in [6.45, 7) is 0.443. The molecule has 10 heteroatoms. The Morgan fingerprint density at radius 3 is 2.49 bits per heavy atom. The molecule has 1 saturated heterocycles. The van der Waals surface area contributed by atoms with E-state index in [9.17, 15) is 27.6 Å². The monoisotopic (exact) mass is 482 g/mol. The van der Waals surface area contributed by atoms with E-state index in [0.29, 0.717) is 16.8 Å². The molecule has 2 aliphatic heterocycles. The molecule has 1 N–H and O–H groups in total. The molecule has 180 valence electrons. The van der Waals surface area contributed by atoms with Crippen LogP contribution in [0.15, 0.2) is 60.8 Å². The number of halogens is 3. The maximum Gasteiger partial charge on any atom is 0.416 e. The molecule has 0 saturated carbocycles. The first-order valence-electron chi connectivity index (χ1n) is 11.0. The number of piperazine rings is 1. The second-order valence-electron chi connectivity index (χ2n) is 8.60. The lowest BCUT2D eigenvalue weighted by molar-refractivity contribution is -0.137. The van der Waals surface area contributed by atoms with E-state index in [1.165, 1.54) is 29.2 Å². The summed E-state index contributed by atoms with van der Waals surface area (Å²) in [5.41, 5.74) is 0.897. The maximum atomic E-state index is 13.4. The fourth-order valence-electron chi connectivity index (χ4n) is 4.54. The summed E-state index contributed by atoms with van der Waals surface area (Å²) in [6.07, 6.45) is -2.74. The largest absolute Gasteiger partial charge is 0.416 e. The number of aryl methyl sites for hydroxylation is 1. The predicted molar refractivity (Wildman–Crippen MR) is 122 cm³/mol. The maximum absolute atomic E-state index is 13.4. The van der Waals surface area contributed by atoms with Gasteiger partial charge in [0.05, 0.1) is 23.4 Å². The Labute approximate surface area is 198 Å². The van der Waals surface area contributed by atoms with Gasteiger partial charge in [-0.15, -0.1) is 0 Å². The third kappa shape index (κ3) is 4.05. The molecule has 3 heterocycles. The molecule has 0 spiro atoms. The van der Waals surface area contributed by atoms with Crippen LogP contribution in [0.2, 0.25) is 0 Å². The predicted octanol–water partition coefficient (Wildman–Crippen LogP) is 3.63. The van der Waals surface area contributed by atoms with Crippen LogP contribution in [-0.4, -0.2) is 57.8 Å². The van der Waals surface area contributed by atoms with Crippen molar-refractivity contribution in [2.75, 3.05) is 25.0 Å². The average molecular weight is 482 g/mol. The number of hydrogen-bond acceptors (Lipinski definition) is 3. The zero-order valence-corrected chi connectivity index (χ0v) is 18.7. The number of aromatic nitrogens is 1. The Kier molecular flexibility index (Phi) is 5.38. The number of anilines is 1. The molecule has 35 heavy (non-hydrogen) atoms. The Hall–Kier alpha value is -4.08. The minimum atomic E-state index is -4.49. The molecule has 1 aromatic heterocycles. The van der Waals surface area contributed by atoms with Gasteiger partial charge >= 0.3 is 6.18 Å². The van der Waals surface area contributed by atoms with Crippen molar-refractivity contribution in [1.82, 2.24) is 14.4 Å². The Balaban J connectivity index is 1.44. The van der Waals surface area contributed by atoms with Crippen molar-refractivity contribution >= 4 is 23.4 Å². The van der Waals surface area contributed by atoms with Crippen molar-refractivity contribution < 1.29 is 27.6 Å². The van der Waals surface area contributed by atoms with Crippen LogP contribution in [0.4, 0.5) is 18.9 Å². The number of nitrogens with one attached hydrogen (secondary N) is 1. The zero-order chi connectivity index (χ0) is 24.9. The van der Waals surface area contributed by atoms with E-state index in [4.69, 9.17) is 0 Å². The van der Waals surface area contributed by atoms with E-state index in [1.807, 2.05) is 0 Å². The molecule has 1 unspecified atom stereocenters. The lowest BCUT2D eigenvalue weighted by Crippen LogP contribution is -2.59. The van der Waals surface area contributed by atoms with Gasteiger partial charge < -0.3 is 19.7 Å². The van der Waals surface area contributed by atoms with Crippen LogP contribution in [0.3, 0.4) is 0 Å². The second kappa shape index (κ2) is 8.30. The van der Waals surface area contributed by atoms with Crippen LogP contribution in [0, 0.1) is 0 Å². The molecule has 2 aromatic carbocycles. The molecule has 1 atom stereocenters. The van der Waals surface area contributed by atoms with Crippen LogP contribution in [0.25, 0.3) is 11.1 Å². The summed E-state index contributed by atoms with van der Waals surface area (Å²) in [4.78, 5) is 42.4. The van der Waals surface area contributed by atoms with Gasteiger partial charge in [0.1, 0.15) is 11.7 Å². The van der Waals surface area contributed by atoms with Crippen LogP contribution in [0.5, 0.6) is 0 Å². The van der Waals surface area contributed by atoms with E-state index in [2.05, 4.69) is 5.32 Å². The summed E-state index contributed by atoms with van der Waals surface area (Å²) in [7, 11) is 1.75. The molecule has 3 amide bonds. The van der Waals surface area contributed by atoms with E-state index in [0.717, 1.165) is 12.1 Å². The second-order valence-corrected chi connectivity index (χ2v) is 8.60. The third-order valence-electron chi connectivity index (χ3n) is 6.43. The van der Waals surface area contributed by atoms with Crippen LogP contribution in [-0.2, 0) is 18.0 Å². The third-order valence-corrected chi connectivity index (χ3v) is 6.43. The van der Waals surface area contributed by atoms with E-state index < -0.39 is 29.6 Å². The molecular weight excluding hydrogens is 461 g/mol. The number of amides is 3. The number of fused-ring (bicyclic) bond motifs is 2. The summed E-state index contributed by atoms with van der Waals surface area (Å²) in [6, 6.07) is 12.0. The van der Waals surface area contributed by atoms with Gasteiger partial charge in [-0.05, 0) is 47.5 Å². The molecule has 0 aliphatic carbocycles. The van der Waals surface area contributed by atoms with Gasteiger partial charge in [0.2, 0.25) is 5.91 Å². The highest BCUT2D eigenvalue weighted by Gasteiger charge is 2.41. The van der Waals surface area contributed by atoms with Gasteiger partial charge in [0, 0.05) is 26.3 Å². The first kappa shape index (κ1) is 22.7. The van der Waals surface area contributed by atoms with Gasteiger partial charge in [0.15, 0.2) is 0 Å². The minimum Gasteiger partial charge on any atom is -0.347 e. The molecule has 2 aliphatic rings. The smallest absolute Gasteiger partial charge is 0.347 e. The van der Waals surface area contributed by atoms with Crippen LogP contribution >= 0.6 is 0 Å². The number of nitrogens with zero attached hydrogens (tertiary/aromatic N) is 3. The number of benzene rings is 2. The molecule has 0 radical (unpaired) electrons. The van der Waals surface area contributed by atoms with Crippen LogP contribution < -0.4 is 5.32 Å². The summed E-state index contributed by atoms with van der Waals surface area (Å²) >= 11 is 0. The van der Waals surface area contributed by atoms with Gasteiger partial charge in [-0.2, -0.15) is 13.2 Å². The van der Waals surface area contributed by atoms with Gasteiger partial charge in [-0.3, -0.25) is 14.4 Å². The van der Waals surface area contributed by atoms with Crippen LogP contribution in [0.1, 0.15) is 26.4 Å². The molecule has 7 nitrogen and oxygen atoms in total. The minimum absolute atomic E-state index is 0.0378. The van der Waals surface area contributed by atoms with E-state index in [1.54, 1.807) is 40.9 Å². The Bertz CT molecular complexity index is 1350. The number of alkyl halides is 3. The molecule has 1 fully saturated rings. The molecule has 5 rings (SSSR count). The van der Waals surface area contributed by atoms with Crippen molar-refractivity contribution in [2.45, 2.75) is 12.2 Å².